The Morgan fingerprint density at radius 1 is 1.15 bits per heavy atom. The molecule has 0 atom stereocenters. The van der Waals surface area contributed by atoms with Crippen LogP contribution in [0.3, 0.4) is 0 Å². The van der Waals surface area contributed by atoms with Crippen molar-refractivity contribution in [3.05, 3.63) is 54.1 Å². The van der Waals surface area contributed by atoms with Gasteiger partial charge in [-0.2, -0.15) is 0 Å². The molecule has 20 heavy (non-hydrogen) atoms. The third-order valence-electron chi connectivity index (χ3n) is 2.43. The Balaban J connectivity index is 1.93. The molecule has 0 saturated heterocycles. The van der Waals surface area contributed by atoms with Crippen molar-refractivity contribution in [1.82, 2.24) is 0 Å². The molecule has 104 valence electrons. The number of hydrogen-bond acceptors (Lipinski definition) is 3. The molecule has 0 radical (unpaired) electrons. The largest absolute Gasteiger partial charge is 0.507 e. The van der Waals surface area contributed by atoms with Crippen LogP contribution in [-0.4, -0.2) is 16.8 Å². The van der Waals surface area contributed by atoms with Crippen LogP contribution < -0.4 is 5.32 Å². The summed E-state index contributed by atoms with van der Waals surface area (Å²) < 4.78 is 25.7. The second-order valence-electron chi connectivity index (χ2n) is 3.93. The quantitative estimate of drug-likeness (QED) is 0.850. The summed E-state index contributed by atoms with van der Waals surface area (Å²) in [7, 11) is 0. The van der Waals surface area contributed by atoms with Crippen LogP contribution in [0, 0.1) is 11.6 Å². The van der Waals surface area contributed by atoms with Gasteiger partial charge in [0.15, 0.2) is 11.6 Å². The number of thioether (sulfide) groups is 1. The standard InChI is InChI=1S/C14H11F2NO2S/c15-10-6-5-9(7-11(10)16)17-14(19)8-20-13-4-2-1-3-12(13)18/h1-7,18H,8H2,(H,17,19). The van der Waals surface area contributed by atoms with Gasteiger partial charge in [0.1, 0.15) is 5.75 Å². The molecular formula is C14H11F2NO2S. The van der Waals surface area contributed by atoms with Gasteiger partial charge in [0.2, 0.25) is 5.91 Å². The molecule has 0 saturated carbocycles. The molecule has 2 N–H and O–H groups in total. The zero-order valence-corrected chi connectivity index (χ0v) is 11.1. The van der Waals surface area contributed by atoms with Crippen molar-refractivity contribution in [2.24, 2.45) is 0 Å². The molecule has 2 rings (SSSR count). The van der Waals surface area contributed by atoms with Crippen LogP contribution in [-0.2, 0) is 4.79 Å². The summed E-state index contributed by atoms with van der Waals surface area (Å²) in [6, 6.07) is 9.77. The zero-order chi connectivity index (χ0) is 14.5. The summed E-state index contributed by atoms with van der Waals surface area (Å²) in [5.41, 5.74) is 0.187. The van der Waals surface area contributed by atoms with Gasteiger partial charge in [-0.1, -0.05) is 12.1 Å². The van der Waals surface area contributed by atoms with Gasteiger partial charge in [-0.05, 0) is 24.3 Å². The van der Waals surface area contributed by atoms with Gasteiger partial charge in [-0.15, -0.1) is 11.8 Å². The number of anilines is 1. The molecular weight excluding hydrogens is 284 g/mol. The highest BCUT2D eigenvalue weighted by atomic mass is 32.2. The van der Waals surface area contributed by atoms with E-state index in [1.54, 1.807) is 18.2 Å². The van der Waals surface area contributed by atoms with Gasteiger partial charge in [0.05, 0.1) is 5.75 Å². The van der Waals surface area contributed by atoms with Crippen LogP contribution in [0.5, 0.6) is 5.75 Å². The van der Waals surface area contributed by atoms with E-state index < -0.39 is 11.6 Å². The van der Waals surface area contributed by atoms with E-state index >= 15 is 0 Å². The Labute approximate surface area is 118 Å². The number of aromatic hydroxyl groups is 1. The highest BCUT2D eigenvalue weighted by Crippen LogP contribution is 2.27. The van der Waals surface area contributed by atoms with Gasteiger partial charge in [0.25, 0.3) is 0 Å². The average Bonchev–Trinajstić information content (AvgIpc) is 2.42. The summed E-state index contributed by atoms with van der Waals surface area (Å²) >= 11 is 1.15. The number of nitrogens with one attached hydrogen (secondary N) is 1. The average molecular weight is 295 g/mol. The SMILES string of the molecule is O=C(CSc1ccccc1O)Nc1ccc(F)c(F)c1. The number of carbonyl (C=O) groups excluding carboxylic acids is 1. The van der Waals surface area contributed by atoms with Gasteiger partial charge in [-0.3, -0.25) is 4.79 Å². The lowest BCUT2D eigenvalue weighted by Crippen LogP contribution is -2.14. The van der Waals surface area contributed by atoms with Crippen molar-refractivity contribution in [1.29, 1.82) is 0 Å². The Bertz CT molecular complexity index is 634. The summed E-state index contributed by atoms with van der Waals surface area (Å²) in [6.45, 7) is 0. The molecule has 0 aliphatic heterocycles. The van der Waals surface area contributed by atoms with Crippen molar-refractivity contribution in [2.45, 2.75) is 4.90 Å². The van der Waals surface area contributed by atoms with Crippen molar-refractivity contribution in [3.8, 4) is 5.75 Å². The number of halogens is 2. The summed E-state index contributed by atoms with van der Waals surface area (Å²) in [4.78, 5) is 12.2. The lowest BCUT2D eigenvalue weighted by atomic mass is 10.3. The van der Waals surface area contributed by atoms with E-state index in [0.717, 1.165) is 23.9 Å². The van der Waals surface area contributed by atoms with Gasteiger partial charge in [0, 0.05) is 16.6 Å². The minimum absolute atomic E-state index is 0.0522. The number of hydrogen-bond donors (Lipinski definition) is 2. The maximum atomic E-state index is 13.0. The fraction of sp³-hybridized carbons (Fsp3) is 0.0714. The first-order valence-corrected chi connectivity index (χ1v) is 6.70. The maximum absolute atomic E-state index is 13.0. The third-order valence-corrected chi connectivity index (χ3v) is 3.49. The summed E-state index contributed by atoms with van der Waals surface area (Å²) in [5.74, 6) is -2.21. The molecule has 6 heteroatoms. The van der Waals surface area contributed by atoms with Crippen molar-refractivity contribution < 1.29 is 18.7 Å². The van der Waals surface area contributed by atoms with Gasteiger partial charge < -0.3 is 10.4 Å². The maximum Gasteiger partial charge on any atom is 0.234 e. The molecule has 0 aliphatic carbocycles. The normalized spacial score (nSPS) is 10.3. The minimum Gasteiger partial charge on any atom is -0.507 e. The highest BCUT2D eigenvalue weighted by molar-refractivity contribution is 8.00. The molecule has 0 aliphatic rings. The monoisotopic (exact) mass is 295 g/mol. The smallest absolute Gasteiger partial charge is 0.234 e. The Morgan fingerprint density at radius 3 is 2.60 bits per heavy atom. The van der Waals surface area contributed by atoms with Gasteiger partial charge >= 0.3 is 0 Å². The summed E-state index contributed by atoms with van der Waals surface area (Å²) in [5, 5.41) is 12.0. The molecule has 3 nitrogen and oxygen atoms in total. The number of carbonyl (C=O) groups is 1. The van der Waals surface area contributed by atoms with Gasteiger partial charge in [-0.25, -0.2) is 8.78 Å². The zero-order valence-electron chi connectivity index (χ0n) is 10.3. The highest BCUT2D eigenvalue weighted by Gasteiger charge is 2.08. The second-order valence-corrected chi connectivity index (χ2v) is 4.95. The van der Waals surface area contributed by atoms with E-state index in [1.165, 1.54) is 12.1 Å². The van der Waals surface area contributed by atoms with Crippen LogP contribution in [0.2, 0.25) is 0 Å². The molecule has 0 spiro atoms. The van der Waals surface area contributed by atoms with E-state index in [9.17, 15) is 18.7 Å². The first kappa shape index (κ1) is 14.3. The lowest BCUT2D eigenvalue weighted by Gasteiger charge is -2.06. The topological polar surface area (TPSA) is 49.3 Å². The predicted molar refractivity (Wildman–Crippen MR) is 73.8 cm³/mol. The molecule has 1 amide bonds. The fourth-order valence-corrected chi connectivity index (χ4v) is 2.24. The van der Waals surface area contributed by atoms with E-state index in [-0.39, 0.29) is 23.1 Å². The Kier molecular flexibility index (Phi) is 4.57. The molecule has 2 aromatic rings. The first-order chi connectivity index (χ1) is 9.56. The van der Waals surface area contributed by atoms with Crippen LogP contribution in [0.25, 0.3) is 0 Å². The lowest BCUT2D eigenvalue weighted by molar-refractivity contribution is -0.113. The molecule has 0 fully saturated rings. The molecule has 0 aromatic heterocycles. The Morgan fingerprint density at radius 2 is 1.90 bits per heavy atom. The third kappa shape index (κ3) is 3.71. The van der Waals surface area contributed by atoms with Crippen molar-refractivity contribution in [2.75, 3.05) is 11.1 Å². The number of para-hydroxylation sites is 1. The minimum atomic E-state index is -1.02. The molecule has 2 aromatic carbocycles. The predicted octanol–water partition coefficient (Wildman–Crippen LogP) is 3.40. The first-order valence-electron chi connectivity index (χ1n) is 5.72. The van der Waals surface area contributed by atoms with Crippen molar-refractivity contribution in [3.63, 3.8) is 0 Å². The van der Waals surface area contributed by atoms with Crippen LogP contribution in [0.15, 0.2) is 47.4 Å². The van der Waals surface area contributed by atoms with Crippen LogP contribution in [0.4, 0.5) is 14.5 Å². The number of phenols is 1. The van der Waals surface area contributed by atoms with Crippen LogP contribution >= 0.6 is 11.8 Å². The van der Waals surface area contributed by atoms with E-state index in [2.05, 4.69) is 5.32 Å². The number of amides is 1. The molecule has 0 bridgehead atoms. The number of phenolic OH excluding ortho intramolecular Hbond substituents is 1. The number of rotatable bonds is 4. The van der Waals surface area contributed by atoms with Crippen molar-refractivity contribution >= 4 is 23.4 Å². The second kappa shape index (κ2) is 6.38. The summed E-state index contributed by atoms with van der Waals surface area (Å²) in [6.07, 6.45) is 0. The number of benzene rings is 2. The molecule has 0 heterocycles. The van der Waals surface area contributed by atoms with E-state index in [4.69, 9.17) is 0 Å². The van der Waals surface area contributed by atoms with Crippen LogP contribution in [0.1, 0.15) is 0 Å². The van der Waals surface area contributed by atoms with E-state index in [1.807, 2.05) is 0 Å². The molecule has 0 unspecified atom stereocenters. The fourth-order valence-electron chi connectivity index (χ4n) is 1.49. The Hall–Kier alpha value is -2.08. The van der Waals surface area contributed by atoms with E-state index in [0.29, 0.717) is 4.90 Å².